The summed E-state index contributed by atoms with van der Waals surface area (Å²) in [5, 5.41) is 0. The fraction of sp³-hybridized carbons (Fsp3) is 0.588. The molecule has 1 amide bonds. The predicted octanol–water partition coefficient (Wildman–Crippen LogP) is 4.12. The first-order valence-corrected chi connectivity index (χ1v) is 7.55. The lowest BCUT2D eigenvalue weighted by atomic mass is 10.1. The van der Waals surface area contributed by atoms with Crippen molar-refractivity contribution < 1.29 is 14.0 Å². The molecule has 0 aliphatic carbocycles. The van der Waals surface area contributed by atoms with Crippen molar-refractivity contribution in [3.63, 3.8) is 0 Å². The molecule has 0 saturated carbocycles. The Labute approximate surface area is 122 Å². The predicted molar refractivity (Wildman–Crippen MR) is 80.2 cm³/mol. The van der Waals surface area contributed by atoms with Crippen LogP contribution in [0.2, 0.25) is 0 Å². The summed E-state index contributed by atoms with van der Waals surface area (Å²) in [6.07, 6.45) is 3.36. The lowest BCUT2D eigenvalue weighted by molar-refractivity contribution is -0.876. The van der Waals surface area contributed by atoms with Crippen molar-refractivity contribution in [1.82, 2.24) is 0 Å². The Morgan fingerprint density at radius 3 is 2.25 bits per heavy atom. The molecule has 20 heavy (non-hydrogen) atoms. The molecular formula is C17H26NO2+. The monoisotopic (exact) mass is 276 g/mol. The van der Waals surface area contributed by atoms with Crippen molar-refractivity contribution in [3.8, 4) is 0 Å². The zero-order valence-corrected chi connectivity index (χ0v) is 12.9. The number of carbonyl (C=O) groups excluding carboxylic acids is 1. The van der Waals surface area contributed by atoms with E-state index in [9.17, 15) is 4.79 Å². The van der Waals surface area contributed by atoms with Gasteiger partial charge in [-0.25, -0.2) is 4.48 Å². The van der Waals surface area contributed by atoms with Crippen LogP contribution in [-0.2, 0) is 11.3 Å². The maximum Gasteiger partial charge on any atom is 0.516 e. The number of quaternary nitrogens is 1. The Morgan fingerprint density at radius 2 is 1.70 bits per heavy atom. The van der Waals surface area contributed by atoms with Gasteiger partial charge >= 0.3 is 6.09 Å². The molecule has 1 heterocycles. The van der Waals surface area contributed by atoms with E-state index in [0.29, 0.717) is 4.48 Å². The molecule has 1 aromatic rings. The first-order valence-electron chi connectivity index (χ1n) is 7.55. The third kappa shape index (κ3) is 3.83. The van der Waals surface area contributed by atoms with Crippen LogP contribution in [0.5, 0.6) is 0 Å². The highest BCUT2D eigenvalue weighted by Gasteiger charge is 2.42. The molecule has 0 aromatic heterocycles. The maximum atomic E-state index is 12.7. The van der Waals surface area contributed by atoms with E-state index < -0.39 is 5.60 Å². The highest BCUT2D eigenvalue weighted by molar-refractivity contribution is 5.60. The molecule has 2 rings (SSSR count). The van der Waals surface area contributed by atoms with Gasteiger partial charge in [0, 0.05) is 5.56 Å². The lowest BCUT2D eigenvalue weighted by Gasteiger charge is -2.39. The van der Waals surface area contributed by atoms with Gasteiger partial charge < -0.3 is 4.74 Å². The first-order chi connectivity index (χ1) is 9.41. The third-order valence-electron chi connectivity index (χ3n) is 3.78. The van der Waals surface area contributed by atoms with Crippen LogP contribution >= 0.6 is 0 Å². The van der Waals surface area contributed by atoms with Gasteiger partial charge in [0.15, 0.2) is 0 Å². The van der Waals surface area contributed by atoms with Crippen molar-refractivity contribution >= 4 is 6.09 Å². The molecule has 1 fully saturated rings. The fourth-order valence-electron chi connectivity index (χ4n) is 2.81. The summed E-state index contributed by atoms with van der Waals surface area (Å²) in [7, 11) is 0. The van der Waals surface area contributed by atoms with Crippen molar-refractivity contribution in [2.75, 3.05) is 13.1 Å². The number of nitrogens with zero attached hydrogens (tertiary/aromatic N) is 1. The first kappa shape index (κ1) is 15.0. The van der Waals surface area contributed by atoms with E-state index in [2.05, 4.69) is 12.1 Å². The quantitative estimate of drug-likeness (QED) is 0.759. The largest absolute Gasteiger partial charge is 0.516 e. The number of likely N-dealkylation sites (tertiary alicyclic amines) is 1. The summed E-state index contributed by atoms with van der Waals surface area (Å²) >= 11 is 0. The van der Waals surface area contributed by atoms with Crippen molar-refractivity contribution in [3.05, 3.63) is 35.9 Å². The molecule has 0 N–H and O–H groups in total. The fourth-order valence-corrected chi connectivity index (χ4v) is 2.81. The zero-order chi connectivity index (χ0) is 14.6. The van der Waals surface area contributed by atoms with Crippen LogP contribution in [-0.4, -0.2) is 29.3 Å². The van der Waals surface area contributed by atoms with Gasteiger partial charge in [0.2, 0.25) is 0 Å². The molecule has 110 valence electrons. The summed E-state index contributed by atoms with van der Waals surface area (Å²) in [6, 6.07) is 10.3. The molecule has 0 bridgehead atoms. The van der Waals surface area contributed by atoms with Crippen molar-refractivity contribution in [1.29, 1.82) is 0 Å². The molecule has 3 nitrogen and oxygen atoms in total. The standard InChI is InChI=1S/C17H26NO2/c1-17(2,3)20-16(19)18(12-8-5-9-13-18)14-15-10-6-4-7-11-15/h4,6-7,10-11H,5,8-9,12-14H2,1-3H3/q+1. The van der Waals surface area contributed by atoms with E-state index in [0.717, 1.165) is 32.5 Å². The molecule has 3 heteroatoms. The molecule has 1 aromatic carbocycles. The van der Waals surface area contributed by atoms with Crippen LogP contribution in [0.3, 0.4) is 0 Å². The minimum absolute atomic E-state index is 0.0685. The SMILES string of the molecule is CC(C)(C)OC(=O)[N+]1(Cc2ccccc2)CCCCC1. The van der Waals surface area contributed by atoms with Crippen LogP contribution in [0, 0.1) is 0 Å². The second-order valence-electron chi connectivity index (χ2n) is 6.78. The second kappa shape index (κ2) is 5.96. The van der Waals surface area contributed by atoms with E-state index in [-0.39, 0.29) is 6.09 Å². The molecule has 1 aliphatic heterocycles. The van der Waals surface area contributed by atoms with Gasteiger partial charge in [-0.15, -0.1) is 0 Å². The zero-order valence-electron chi connectivity index (χ0n) is 12.9. The Balaban J connectivity index is 2.19. The van der Waals surface area contributed by atoms with Gasteiger partial charge in [0.1, 0.15) is 12.1 Å². The molecule has 0 atom stereocenters. The van der Waals surface area contributed by atoms with Crippen LogP contribution in [0.4, 0.5) is 4.79 Å². The number of amides is 1. The molecule has 1 saturated heterocycles. The maximum absolute atomic E-state index is 12.7. The van der Waals surface area contributed by atoms with E-state index in [4.69, 9.17) is 4.74 Å². The average molecular weight is 276 g/mol. The normalized spacial score (nSPS) is 18.6. The lowest BCUT2D eigenvalue weighted by Crippen LogP contribution is -2.56. The Hall–Kier alpha value is -1.35. The number of piperidine rings is 1. The number of hydrogen-bond acceptors (Lipinski definition) is 2. The van der Waals surface area contributed by atoms with Gasteiger partial charge in [0.05, 0.1) is 13.1 Å². The van der Waals surface area contributed by atoms with Crippen LogP contribution in [0.15, 0.2) is 30.3 Å². The smallest absolute Gasteiger partial charge is 0.414 e. The van der Waals surface area contributed by atoms with E-state index in [1.54, 1.807) is 0 Å². The van der Waals surface area contributed by atoms with Gasteiger partial charge in [-0.3, -0.25) is 0 Å². The summed E-state index contributed by atoms with van der Waals surface area (Å²) < 4.78 is 6.13. The second-order valence-corrected chi connectivity index (χ2v) is 6.78. The summed E-state index contributed by atoms with van der Waals surface area (Å²) in [4.78, 5) is 12.7. The highest BCUT2D eigenvalue weighted by Crippen LogP contribution is 2.26. The topological polar surface area (TPSA) is 26.3 Å². The Morgan fingerprint density at radius 1 is 1.10 bits per heavy atom. The summed E-state index contributed by atoms with van der Waals surface area (Å²) in [5.41, 5.74) is 0.788. The van der Waals surface area contributed by atoms with E-state index in [1.165, 1.54) is 12.0 Å². The van der Waals surface area contributed by atoms with Gasteiger partial charge in [-0.2, -0.15) is 4.79 Å². The van der Waals surface area contributed by atoms with E-state index >= 15 is 0 Å². The van der Waals surface area contributed by atoms with Crippen molar-refractivity contribution in [2.24, 2.45) is 0 Å². The van der Waals surface area contributed by atoms with Gasteiger partial charge in [0.25, 0.3) is 0 Å². The molecule has 0 radical (unpaired) electrons. The van der Waals surface area contributed by atoms with E-state index in [1.807, 2.05) is 39.0 Å². The third-order valence-corrected chi connectivity index (χ3v) is 3.78. The molecule has 0 spiro atoms. The Kier molecular flexibility index (Phi) is 4.48. The number of benzene rings is 1. The molecule has 1 aliphatic rings. The molecular weight excluding hydrogens is 250 g/mol. The van der Waals surface area contributed by atoms with Crippen LogP contribution in [0.25, 0.3) is 0 Å². The van der Waals surface area contributed by atoms with Gasteiger partial charge in [-0.1, -0.05) is 30.3 Å². The van der Waals surface area contributed by atoms with Crippen molar-refractivity contribution in [2.45, 2.75) is 52.2 Å². The number of carbonyl (C=O) groups is 1. The minimum atomic E-state index is -0.420. The summed E-state index contributed by atoms with van der Waals surface area (Å²) in [5.74, 6) is 0. The number of ether oxygens (including phenoxy) is 1. The minimum Gasteiger partial charge on any atom is -0.414 e. The highest BCUT2D eigenvalue weighted by atomic mass is 16.6. The van der Waals surface area contributed by atoms with Crippen LogP contribution < -0.4 is 0 Å². The molecule has 0 unspecified atom stereocenters. The average Bonchev–Trinajstić information content (AvgIpc) is 2.39. The number of rotatable bonds is 2. The van der Waals surface area contributed by atoms with Gasteiger partial charge in [-0.05, 0) is 40.0 Å². The Bertz CT molecular complexity index is 442. The summed E-state index contributed by atoms with van der Waals surface area (Å²) in [6.45, 7) is 8.35. The number of hydrogen-bond donors (Lipinski definition) is 0. The van der Waals surface area contributed by atoms with Crippen LogP contribution in [0.1, 0.15) is 45.6 Å².